The Morgan fingerprint density at radius 2 is 1.81 bits per heavy atom. The number of anilines is 1. The SMILES string of the molecule is CCOC(=O)c1cc(Oc2ccc3c(C(=O)Nc4ccc(F)c(C(F)(F)F)c4)cccc3c2)ncn1. The molecule has 1 amide bonds. The number of nitrogens with one attached hydrogen (secondary N) is 1. The molecule has 0 fully saturated rings. The van der Waals surface area contributed by atoms with E-state index in [1.54, 1.807) is 37.3 Å². The highest BCUT2D eigenvalue weighted by Crippen LogP contribution is 2.33. The number of alkyl halides is 3. The van der Waals surface area contributed by atoms with E-state index < -0.39 is 29.4 Å². The smallest absolute Gasteiger partial charge is 0.419 e. The number of ether oxygens (including phenoxy) is 2. The molecule has 0 unspecified atom stereocenters. The largest absolute Gasteiger partial charge is 0.461 e. The van der Waals surface area contributed by atoms with Crippen molar-refractivity contribution in [3.05, 3.63) is 89.6 Å². The quantitative estimate of drug-likeness (QED) is 0.258. The van der Waals surface area contributed by atoms with Crippen LogP contribution in [-0.4, -0.2) is 28.5 Å². The van der Waals surface area contributed by atoms with Crippen LogP contribution in [-0.2, 0) is 10.9 Å². The predicted octanol–water partition coefficient (Wildman–Crippen LogP) is 6.01. The number of halogens is 4. The van der Waals surface area contributed by atoms with Crippen LogP contribution in [0.15, 0.2) is 67.0 Å². The lowest BCUT2D eigenvalue weighted by molar-refractivity contribution is -0.139. The van der Waals surface area contributed by atoms with Gasteiger partial charge in [-0.2, -0.15) is 13.2 Å². The summed E-state index contributed by atoms with van der Waals surface area (Å²) in [7, 11) is 0. The van der Waals surface area contributed by atoms with Crippen LogP contribution in [0.4, 0.5) is 23.2 Å². The molecule has 0 radical (unpaired) electrons. The Bertz CT molecular complexity index is 1460. The summed E-state index contributed by atoms with van der Waals surface area (Å²) < 4.78 is 63.1. The van der Waals surface area contributed by atoms with E-state index in [1.165, 1.54) is 12.1 Å². The lowest BCUT2D eigenvalue weighted by Gasteiger charge is -2.12. The number of nitrogens with zero attached hydrogens (tertiary/aromatic N) is 2. The fourth-order valence-corrected chi connectivity index (χ4v) is 3.37. The number of carbonyl (C=O) groups excluding carboxylic acids is 2. The Hall–Kier alpha value is -4.54. The number of carbonyl (C=O) groups is 2. The average Bonchev–Trinajstić information content (AvgIpc) is 2.84. The molecule has 3 aromatic carbocycles. The van der Waals surface area contributed by atoms with Crippen molar-refractivity contribution in [1.29, 1.82) is 0 Å². The van der Waals surface area contributed by atoms with E-state index >= 15 is 0 Å². The van der Waals surface area contributed by atoms with Crippen molar-refractivity contribution in [3.8, 4) is 11.6 Å². The summed E-state index contributed by atoms with van der Waals surface area (Å²) in [6.07, 6.45) is -3.74. The number of rotatable bonds is 6. The molecular formula is C25H17F4N3O4. The van der Waals surface area contributed by atoms with E-state index in [0.717, 1.165) is 12.4 Å². The van der Waals surface area contributed by atoms with Gasteiger partial charge in [-0.05, 0) is 60.2 Å². The van der Waals surface area contributed by atoms with E-state index in [1.807, 2.05) is 0 Å². The van der Waals surface area contributed by atoms with E-state index in [9.17, 15) is 27.2 Å². The molecule has 0 saturated carbocycles. The average molecular weight is 499 g/mol. The third-order valence-corrected chi connectivity index (χ3v) is 4.98. The molecular weight excluding hydrogens is 482 g/mol. The Balaban J connectivity index is 1.57. The van der Waals surface area contributed by atoms with Crippen molar-refractivity contribution in [3.63, 3.8) is 0 Å². The number of esters is 1. The Labute approximate surface area is 201 Å². The number of fused-ring (bicyclic) bond motifs is 1. The Kier molecular flexibility index (Phi) is 6.82. The van der Waals surface area contributed by atoms with Gasteiger partial charge >= 0.3 is 12.1 Å². The number of aromatic nitrogens is 2. The first kappa shape index (κ1) is 24.6. The van der Waals surface area contributed by atoms with Crippen LogP contribution in [0.2, 0.25) is 0 Å². The topological polar surface area (TPSA) is 90.4 Å². The van der Waals surface area contributed by atoms with E-state index in [0.29, 0.717) is 28.7 Å². The Morgan fingerprint density at radius 3 is 2.56 bits per heavy atom. The van der Waals surface area contributed by atoms with E-state index in [-0.39, 0.29) is 29.4 Å². The van der Waals surface area contributed by atoms with Gasteiger partial charge in [0.15, 0.2) is 5.69 Å². The maximum Gasteiger partial charge on any atom is 0.419 e. The molecule has 36 heavy (non-hydrogen) atoms. The fourth-order valence-electron chi connectivity index (χ4n) is 3.37. The van der Waals surface area contributed by atoms with Gasteiger partial charge < -0.3 is 14.8 Å². The van der Waals surface area contributed by atoms with Crippen molar-refractivity contribution in [2.45, 2.75) is 13.1 Å². The molecule has 4 aromatic rings. The van der Waals surface area contributed by atoms with Crippen LogP contribution >= 0.6 is 0 Å². The van der Waals surface area contributed by atoms with Crippen LogP contribution < -0.4 is 10.1 Å². The molecule has 184 valence electrons. The van der Waals surface area contributed by atoms with Crippen molar-refractivity contribution in [2.24, 2.45) is 0 Å². The van der Waals surface area contributed by atoms with Crippen molar-refractivity contribution < 1.29 is 36.6 Å². The predicted molar refractivity (Wildman–Crippen MR) is 121 cm³/mol. The van der Waals surface area contributed by atoms with Crippen molar-refractivity contribution in [2.75, 3.05) is 11.9 Å². The maximum atomic E-state index is 13.5. The molecule has 11 heteroatoms. The summed E-state index contributed by atoms with van der Waals surface area (Å²) in [5, 5.41) is 3.46. The summed E-state index contributed by atoms with van der Waals surface area (Å²) in [4.78, 5) is 32.5. The Morgan fingerprint density at radius 1 is 1.00 bits per heavy atom. The van der Waals surface area contributed by atoms with Crippen molar-refractivity contribution in [1.82, 2.24) is 9.97 Å². The second-order valence-electron chi connectivity index (χ2n) is 7.40. The van der Waals surface area contributed by atoms with Gasteiger partial charge in [0.25, 0.3) is 5.91 Å². The molecule has 1 N–H and O–H groups in total. The minimum absolute atomic E-state index is 0.0241. The van der Waals surface area contributed by atoms with Gasteiger partial charge in [0, 0.05) is 17.3 Å². The molecule has 1 heterocycles. The van der Waals surface area contributed by atoms with Gasteiger partial charge in [0.1, 0.15) is 17.9 Å². The van der Waals surface area contributed by atoms with Gasteiger partial charge in [-0.25, -0.2) is 19.2 Å². The first-order valence-corrected chi connectivity index (χ1v) is 10.5. The van der Waals surface area contributed by atoms with Crippen LogP contribution in [0, 0.1) is 5.82 Å². The number of hydrogen-bond donors (Lipinski definition) is 1. The standard InChI is InChI=1S/C25H17F4N3O4/c1-2-35-24(34)21-12-22(31-13-30-21)36-16-7-8-17-14(10-16)4-3-5-18(17)23(33)32-15-6-9-20(26)19(11-15)25(27,28)29/h3-13H,2H2,1H3,(H,32,33). The van der Waals surface area contributed by atoms with Gasteiger partial charge in [-0.3, -0.25) is 4.79 Å². The van der Waals surface area contributed by atoms with E-state index in [2.05, 4.69) is 15.3 Å². The third-order valence-electron chi connectivity index (χ3n) is 4.98. The highest BCUT2D eigenvalue weighted by Gasteiger charge is 2.34. The molecule has 0 spiro atoms. The minimum atomic E-state index is -4.90. The van der Waals surface area contributed by atoms with E-state index in [4.69, 9.17) is 9.47 Å². The highest BCUT2D eigenvalue weighted by atomic mass is 19.4. The number of amides is 1. The van der Waals surface area contributed by atoms with Crippen LogP contribution in [0.1, 0.15) is 33.3 Å². The van der Waals surface area contributed by atoms with Crippen LogP contribution in [0.5, 0.6) is 11.6 Å². The summed E-state index contributed by atoms with van der Waals surface area (Å²) in [5.74, 6) is -2.29. The molecule has 0 saturated heterocycles. The van der Waals surface area contributed by atoms with Gasteiger partial charge in [0.05, 0.1) is 12.2 Å². The van der Waals surface area contributed by atoms with Crippen molar-refractivity contribution >= 4 is 28.3 Å². The highest BCUT2D eigenvalue weighted by molar-refractivity contribution is 6.13. The zero-order chi connectivity index (χ0) is 25.9. The van der Waals surface area contributed by atoms with Gasteiger partial charge in [-0.1, -0.05) is 12.1 Å². The van der Waals surface area contributed by atoms with Gasteiger partial charge in [0.2, 0.25) is 5.88 Å². The second kappa shape index (κ2) is 9.98. The summed E-state index contributed by atoms with van der Waals surface area (Å²) in [6.45, 7) is 1.85. The molecule has 4 rings (SSSR count). The molecule has 0 aliphatic heterocycles. The third kappa shape index (κ3) is 5.40. The number of hydrogen-bond acceptors (Lipinski definition) is 6. The molecule has 0 atom stereocenters. The molecule has 0 aliphatic carbocycles. The molecule has 7 nitrogen and oxygen atoms in total. The number of benzene rings is 3. The minimum Gasteiger partial charge on any atom is -0.461 e. The first-order chi connectivity index (χ1) is 17.2. The second-order valence-corrected chi connectivity index (χ2v) is 7.40. The first-order valence-electron chi connectivity index (χ1n) is 10.5. The summed E-state index contributed by atoms with van der Waals surface area (Å²) >= 11 is 0. The molecule has 0 bridgehead atoms. The zero-order valence-electron chi connectivity index (χ0n) is 18.6. The lowest BCUT2D eigenvalue weighted by Crippen LogP contribution is -2.14. The molecule has 0 aliphatic rings. The summed E-state index contributed by atoms with van der Waals surface area (Å²) in [6, 6.07) is 13.1. The van der Waals surface area contributed by atoms with Crippen LogP contribution in [0.25, 0.3) is 10.8 Å². The normalized spacial score (nSPS) is 11.2. The zero-order valence-corrected chi connectivity index (χ0v) is 18.6. The fraction of sp³-hybridized carbons (Fsp3) is 0.120. The van der Waals surface area contributed by atoms with Crippen LogP contribution in [0.3, 0.4) is 0 Å². The maximum absolute atomic E-state index is 13.5. The monoisotopic (exact) mass is 499 g/mol. The van der Waals surface area contributed by atoms with Gasteiger partial charge in [-0.15, -0.1) is 0 Å². The summed E-state index contributed by atoms with van der Waals surface area (Å²) in [5.41, 5.74) is -1.47. The molecule has 1 aromatic heterocycles. The lowest BCUT2D eigenvalue weighted by atomic mass is 10.0.